The van der Waals surface area contributed by atoms with Gasteiger partial charge in [0.15, 0.2) is 9.84 Å². The van der Waals surface area contributed by atoms with Crippen LogP contribution in [0.2, 0.25) is 0 Å². The zero-order valence-corrected chi connectivity index (χ0v) is 15.9. The lowest BCUT2D eigenvalue weighted by Crippen LogP contribution is -2.24. The van der Waals surface area contributed by atoms with Gasteiger partial charge in [0.1, 0.15) is 17.2 Å². The summed E-state index contributed by atoms with van der Waals surface area (Å²) < 4.78 is 39.9. The molecule has 1 aliphatic heterocycles. The van der Waals surface area contributed by atoms with Crippen LogP contribution in [-0.4, -0.2) is 35.7 Å². The number of rotatable bonds is 6. The molecule has 0 bridgehead atoms. The number of hydrogen-bond donors (Lipinski definition) is 1. The van der Waals surface area contributed by atoms with Crippen molar-refractivity contribution in [1.82, 2.24) is 5.32 Å². The van der Waals surface area contributed by atoms with Gasteiger partial charge in [0, 0.05) is 28.7 Å². The number of carbonyl (C=O) groups excluding carboxylic acids is 1. The summed E-state index contributed by atoms with van der Waals surface area (Å²) in [4.78, 5) is 12.8. The average molecular weight is 389 g/mol. The summed E-state index contributed by atoms with van der Waals surface area (Å²) in [6, 6.07) is 8.00. The van der Waals surface area contributed by atoms with E-state index in [9.17, 15) is 13.2 Å². The van der Waals surface area contributed by atoms with Gasteiger partial charge in [-0.1, -0.05) is 6.07 Å². The molecule has 0 fully saturated rings. The van der Waals surface area contributed by atoms with E-state index in [1.807, 2.05) is 0 Å². The second-order valence-electron chi connectivity index (χ2n) is 5.76. The minimum absolute atomic E-state index is 0.134. The first kappa shape index (κ1) is 18.8. The fraction of sp³-hybridized carbons (Fsp3) is 0.211. The van der Waals surface area contributed by atoms with Crippen LogP contribution in [0.1, 0.15) is 21.5 Å². The lowest BCUT2D eigenvalue weighted by Gasteiger charge is -2.16. The molecule has 2 aromatic carbocycles. The molecule has 0 aromatic heterocycles. The van der Waals surface area contributed by atoms with Crippen LogP contribution in [0, 0.1) is 0 Å². The number of fused-ring (bicyclic) bond motifs is 1. The van der Waals surface area contributed by atoms with Crippen LogP contribution in [0.15, 0.2) is 40.6 Å². The van der Waals surface area contributed by atoms with Crippen molar-refractivity contribution in [2.24, 2.45) is 0 Å². The number of nitrogens with one attached hydrogen (secondary N) is 1. The smallest absolute Gasteiger partial charge is 0.252 e. The van der Waals surface area contributed by atoms with Gasteiger partial charge in [0.05, 0.1) is 38.3 Å². The average Bonchev–Trinajstić information content (AvgIpc) is 3.00. The molecule has 142 valence electrons. The van der Waals surface area contributed by atoms with E-state index >= 15 is 0 Å². The highest BCUT2D eigenvalue weighted by atomic mass is 32.2. The van der Waals surface area contributed by atoms with E-state index in [2.05, 4.69) is 5.32 Å². The highest BCUT2D eigenvalue weighted by Gasteiger charge is 2.25. The van der Waals surface area contributed by atoms with E-state index in [1.54, 1.807) is 24.3 Å². The Hall–Kier alpha value is -3.00. The highest BCUT2D eigenvalue weighted by Crippen LogP contribution is 2.34. The fourth-order valence-corrected chi connectivity index (χ4v) is 4.12. The molecule has 3 rings (SSSR count). The quantitative estimate of drug-likeness (QED) is 0.816. The van der Waals surface area contributed by atoms with Gasteiger partial charge in [-0.3, -0.25) is 4.79 Å². The van der Waals surface area contributed by atoms with Crippen molar-refractivity contribution in [1.29, 1.82) is 0 Å². The number of carbonyl (C=O) groups is 1. The molecule has 1 N–H and O–H groups in total. The van der Waals surface area contributed by atoms with E-state index in [0.717, 1.165) is 5.41 Å². The second kappa shape index (κ2) is 7.32. The molecular weight excluding hydrogens is 370 g/mol. The lowest BCUT2D eigenvalue weighted by atomic mass is 10.1. The first-order valence-corrected chi connectivity index (χ1v) is 9.59. The molecule has 0 spiro atoms. The van der Waals surface area contributed by atoms with Gasteiger partial charge in [-0.2, -0.15) is 0 Å². The van der Waals surface area contributed by atoms with E-state index in [-0.39, 0.29) is 17.0 Å². The number of ether oxygens (including phenoxy) is 3. The Labute approximate surface area is 157 Å². The van der Waals surface area contributed by atoms with Crippen molar-refractivity contribution in [2.45, 2.75) is 11.4 Å². The minimum Gasteiger partial charge on any atom is -0.496 e. The van der Waals surface area contributed by atoms with Gasteiger partial charge in [-0.15, -0.1) is 0 Å². The summed E-state index contributed by atoms with van der Waals surface area (Å²) >= 11 is 0. The summed E-state index contributed by atoms with van der Waals surface area (Å²) in [5.41, 5.74) is 1.32. The summed E-state index contributed by atoms with van der Waals surface area (Å²) in [5, 5.41) is 3.89. The number of sulfone groups is 1. The van der Waals surface area contributed by atoms with Crippen LogP contribution in [0.25, 0.3) is 6.08 Å². The molecule has 7 nitrogen and oxygen atoms in total. The van der Waals surface area contributed by atoms with Crippen LogP contribution in [-0.2, 0) is 16.4 Å². The highest BCUT2D eigenvalue weighted by molar-refractivity contribution is 7.94. The van der Waals surface area contributed by atoms with E-state index < -0.39 is 15.7 Å². The van der Waals surface area contributed by atoms with Crippen LogP contribution in [0.4, 0.5) is 0 Å². The van der Waals surface area contributed by atoms with Gasteiger partial charge in [-0.25, -0.2) is 8.42 Å². The molecule has 0 unspecified atom stereocenters. The normalized spacial score (nSPS) is 13.7. The third kappa shape index (κ3) is 3.48. The Kier molecular flexibility index (Phi) is 5.09. The molecule has 0 saturated heterocycles. The molecule has 1 aliphatic rings. The van der Waals surface area contributed by atoms with Gasteiger partial charge in [-0.05, 0) is 18.2 Å². The van der Waals surface area contributed by atoms with Crippen molar-refractivity contribution in [2.75, 3.05) is 21.3 Å². The van der Waals surface area contributed by atoms with E-state index in [0.29, 0.717) is 28.4 Å². The molecule has 0 radical (unpaired) electrons. The fourth-order valence-electron chi connectivity index (χ4n) is 2.91. The monoisotopic (exact) mass is 389 g/mol. The molecule has 1 heterocycles. The maximum Gasteiger partial charge on any atom is 0.252 e. The van der Waals surface area contributed by atoms with Gasteiger partial charge in [0.2, 0.25) is 0 Å². The van der Waals surface area contributed by atoms with Gasteiger partial charge >= 0.3 is 0 Å². The summed E-state index contributed by atoms with van der Waals surface area (Å²) in [5.74, 6) is 1.18. The zero-order valence-electron chi connectivity index (χ0n) is 15.1. The first-order valence-electron chi connectivity index (χ1n) is 8.04. The topological polar surface area (TPSA) is 90.9 Å². The zero-order chi connectivity index (χ0) is 19.6. The van der Waals surface area contributed by atoms with Crippen molar-refractivity contribution in [3.63, 3.8) is 0 Å². The second-order valence-corrected chi connectivity index (χ2v) is 7.56. The van der Waals surface area contributed by atoms with E-state index in [1.165, 1.54) is 33.5 Å². The molecule has 8 heteroatoms. The predicted molar refractivity (Wildman–Crippen MR) is 99.9 cm³/mol. The van der Waals surface area contributed by atoms with Gasteiger partial charge in [0.25, 0.3) is 5.91 Å². The Balaban J connectivity index is 1.88. The van der Waals surface area contributed by atoms with Crippen molar-refractivity contribution in [3.8, 4) is 17.2 Å². The molecule has 0 saturated carbocycles. The predicted octanol–water partition coefficient (Wildman–Crippen LogP) is 2.40. The molecule has 1 amide bonds. The summed E-state index contributed by atoms with van der Waals surface area (Å²) in [6.45, 7) is 0.134. The molecule has 0 atom stereocenters. The number of methoxy groups -OCH3 is 3. The Morgan fingerprint density at radius 3 is 2.30 bits per heavy atom. The molecule has 0 aliphatic carbocycles. The standard InChI is InChI=1S/C19H19NO6S/c1-24-12-9-16(25-2)15(17(10-12)26-3)11-20-19(21)14-5-4-6-18-13(14)7-8-27(18,22)23/h4-10H,11H2,1-3H3,(H,20,21). The van der Waals surface area contributed by atoms with Crippen LogP contribution >= 0.6 is 0 Å². The van der Waals surface area contributed by atoms with Crippen LogP contribution < -0.4 is 19.5 Å². The summed E-state index contributed by atoms with van der Waals surface area (Å²) in [7, 11) is 1.09. The number of benzene rings is 2. The maximum atomic E-state index is 12.7. The number of hydrogen-bond acceptors (Lipinski definition) is 6. The summed E-state index contributed by atoms with van der Waals surface area (Å²) in [6.07, 6.45) is 1.44. The number of amides is 1. The van der Waals surface area contributed by atoms with E-state index in [4.69, 9.17) is 14.2 Å². The SMILES string of the molecule is COc1cc(OC)c(CNC(=O)c2cccc3c2C=CS3(=O)=O)c(OC)c1. The van der Waals surface area contributed by atoms with Crippen molar-refractivity contribution in [3.05, 3.63) is 52.4 Å². The first-order chi connectivity index (χ1) is 12.9. The molecular formula is C19H19NO6S. The molecule has 2 aromatic rings. The Bertz CT molecular complexity index is 1000. The van der Waals surface area contributed by atoms with Crippen molar-refractivity contribution < 1.29 is 27.4 Å². The van der Waals surface area contributed by atoms with Crippen LogP contribution in [0.3, 0.4) is 0 Å². The third-order valence-electron chi connectivity index (χ3n) is 4.27. The largest absolute Gasteiger partial charge is 0.496 e. The Morgan fingerprint density at radius 1 is 1.04 bits per heavy atom. The maximum absolute atomic E-state index is 12.7. The Morgan fingerprint density at radius 2 is 1.70 bits per heavy atom. The lowest BCUT2D eigenvalue weighted by molar-refractivity contribution is 0.0950. The third-order valence-corrected chi connectivity index (χ3v) is 5.74. The minimum atomic E-state index is -3.47. The molecule has 27 heavy (non-hydrogen) atoms. The van der Waals surface area contributed by atoms with Crippen LogP contribution in [0.5, 0.6) is 17.2 Å². The van der Waals surface area contributed by atoms with Crippen molar-refractivity contribution >= 4 is 21.8 Å². The van der Waals surface area contributed by atoms with Gasteiger partial charge < -0.3 is 19.5 Å².